The molecule has 2 N–H and O–H groups in total. The van der Waals surface area contributed by atoms with Crippen LogP contribution in [0.1, 0.15) is 26.3 Å². The van der Waals surface area contributed by atoms with E-state index in [0.717, 1.165) is 0 Å². The van der Waals surface area contributed by atoms with Gasteiger partial charge in [-0.1, -0.05) is 0 Å². The van der Waals surface area contributed by atoms with Gasteiger partial charge in [-0.3, -0.25) is 19.7 Å². The van der Waals surface area contributed by atoms with Gasteiger partial charge in [0.05, 0.1) is 10.5 Å². The lowest BCUT2D eigenvalue weighted by Gasteiger charge is -2.09. The molecule has 1 rings (SSSR count). The highest BCUT2D eigenvalue weighted by atomic mass is 19.4. The Hall–Kier alpha value is -2.45. The Morgan fingerprint density at radius 3 is 2.28 bits per heavy atom. The Morgan fingerprint density at radius 1 is 1.39 bits per heavy atom. The largest absolute Gasteiger partial charge is 0.416 e. The summed E-state index contributed by atoms with van der Waals surface area (Å²) >= 11 is 0. The van der Waals surface area contributed by atoms with Gasteiger partial charge in [-0.25, -0.2) is 0 Å². The normalized spacial score (nSPS) is 11.1. The first kappa shape index (κ1) is 13.6. The van der Waals surface area contributed by atoms with Gasteiger partial charge in [0.25, 0.3) is 11.6 Å². The van der Waals surface area contributed by atoms with Gasteiger partial charge in [-0.2, -0.15) is 13.2 Å². The van der Waals surface area contributed by atoms with Crippen LogP contribution in [0.5, 0.6) is 0 Å². The van der Waals surface area contributed by atoms with Gasteiger partial charge in [0.15, 0.2) is 6.29 Å². The predicted octanol–water partition coefficient (Wildman–Crippen LogP) is 1.52. The number of primary amides is 1. The van der Waals surface area contributed by atoms with Gasteiger partial charge in [0.2, 0.25) is 0 Å². The Bertz CT molecular complexity index is 539. The van der Waals surface area contributed by atoms with Crippen molar-refractivity contribution in [3.63, 3.8) is 0 Å². The van der Waals surface area contributed by atoms with E-state index in [4.69, 9.17) is 5.73 Å². The van der Waals surface area contributed by atoms with E-state index in [1.165, 1.54) is 0 Å². The molecule has 0 spiro atoms. The molecule has 0 atom stereocenters. The lowest BCUT2D eigenvalue weighted by Crippen LogP contribution is -2.18. The highest BCUT2D eigenvalue weighted by Crippen LogP contribution is 2.34. The quantitative estimate of drug-likeness (QED) is 0.506. The van der Waals surface area contributed by atoms with Crippen molar-refractivity contribution in [2.75, 3.05) is 0 Å². The molecule has 0 aliphatic carbocycles. The SMILES string of the molecule is NC(=O)c1c(C=O)cc(C(F)(F)F)cc1[N+](=O)[O-]. The number of nitro groups is 1. The number of nitro benzene ring substituents is 1. The van der Waals surface area contributed by atoms with E-state index >= 15 is 0 Å². The number of amides is 1. The average molecular weight is 262 g/mol. The van der Waals surface area contributed by atoms with Crippen LogP contribution in [0, 0.1) is 10.1 Å². The second kappa shape index (κ2) is 4.43. The van der Waals surface area contributed by atoms with Gasteiger partial charge >= 0.3 is 6.18 Å². The lowest BCUT2D eigenvalue weighted by atomic mass is 10.0. The maximum atomic E-state index is 12.4. The van der Waals surface area contributed by atoms with E-state index in [1.807, 2.05) is 0 Å². The van der Waals surface area contributed by atoms with Crippen molar-refractivity contribution in [2.45, 2.75) is 6.18 Å². The van der Waals surface area contributed by atoms with E-state index in [9.17, 15) is 32.9 Å². The van der Waals surface area contributed by atoms with Gasteiger partial charge in [0, 0.05) is 11.6 Å². The average Bonchev–Trinajstić information content (AvgIpc) is 2.25. The van der Waals surface area contributed by atoms with E-state index < -0.39 is 39.4 Å². The van der Waals surface area contributed by atoms with Gasteiger partial charge in [-0.05, 0) is 6.07 Å². The van der Waals surface area contributed by atoms with Gasteiger partial charge in [-0.15, -0.1) is 0 Å². The molecule has 6 nitrogen and oxygen atoms in total. The molecule has 0 fully saturated rings. The molecule has 0 radical (unpaired) electrons. The molecule has 9 heteroatoms. The summed E-state index contributed by atoms with van der Waals surface area (Å²) in [5.41, 5.74) is 0.631. The fourth-order valence-corrected chi connectivity index (χ4v) is 1.32. The van der Waals surface area contributed by atoms with Crippen molar-refractivity contribution in [2.24, 2.45) is 5.73 Å². The summed E-state index contributed by atoms with van der Waals surface area (Å²) in [6.07, 6.45) is -4.97. The Balaban J connectivity index is 3.70. The van der Waals surface area contributed by atoms with Crippen molar-refractivity contribution < 1.29 is 27.7 Å². The van der Waals surface area contributed by atoms with Crippen molar-refractivity contribution in [3.8, 4) is 0 Å². The molecular formula is C9H5F3N2O4. The predicted molar refractivity (Wildman–Crippen MR) is 52.0 cm³/mol. The number of carbonyl (C=O) groups excluding carboxylic acids is 2. The molecule has 0 saturated heterocycles. The third-order valence-electron chi connectivity index (χ3n) is 2.05. The minimum atomic E-state index is -4.88. The summed E-state index contributed by atoms with van der Waals surface area (Å²) < 4.78 is 37.3. The van der Waals surface area contributed by atoms with Gasteiger partial charge in [0.1, 0.15) is 5.56 Å². The summed E-state index contributed by atoms with van der Waals surface area (Å²) in [5, 5.41) is 10.6. The first-order valence-corrected chi connectivity index (χ1v) is 4.33. The molecule has 0 aliphatic heterocycles. The molecule has 0 bridgehead atoms. The number of hydrogen-bond acceptors (Lipinski definition) is 4. The van der Waals surface area contributed by atoms with Crippen molar-refractivity contribution in [1.29, 1.82) is 0 Å². The number of halogens is 3. The number of alkyl halides is 3. The zero-order chi connectivity index (χ0) is 14.1. The number of nitrogens with two attached hydrogens (primary N) is 1. The molecule has 0 heterocycles. The van der Waals surface area contributed by atoms with Crippen molar-refractivity contribution in [1.82, 2.24) is 0 Å². The topological polar surface area (TPSA) is 103 Å². The molecule has 0 aliphatic rings. The Labute approximate surface area is 97.3 Å². The minimum absolute atomic E-state index is 0.0949. The first-order chi connectivity index (χ1) is 8.18. The number of carbonyl (C=O) groups is 2. The third kappa shape index (κ3) is 2.44. The van der Waals surface area contributed by atoms with Crippen molar-refractivity contribution >= 4 is 17.9 Å². The van der Waals surface area contributed by atoms with Crippen LogP contribution in [0.25, 0.3) is 0 Å². The van der Waals surface area contributed by atoms with Crippen molar-refractivity contribution in [3.05, 3.63) is 38.9 Å². The zero-order valence-electron chi connectivity index (χ0n) is 8.52. The molecule has 0 aromatic heterocycles. The summed E-state index contributed by atoms with van der Waals surface area (Å²) in [6, 6.07) is 0.493. The highest BCUT2D eigenvalue weighted by molar-refractivity contribution is 6.04. The molecule has 1 aromatic carbocycles. The second-order valence-electron chi connectivity index (χ2n) is 3.20. The molecule has 0 saturated carbocycles. The van der Waals surface area contributed by atoms with Gasteiger partial charge < -0.3 is 5.73 Å². The van der Waals surface area contributed by atoms with Crippen LogP contribution in [0.4, 0.5) is 18.9 Å². The zero-order valence-corrected chi connectivity index (χ0v) is 8.52. The molecule has 0 unspecified atom stereocenters. The summed E-state index contributed by atoms with van der Waals surface area (Å²) in [4.78, 5) is 30.9. The Kier molecular flexibility index (Phi) is 3.35. The lowest BCUT2D eigenvalue weighted by molar-refractivity contribution is -0.385. The maximum Gasteiger partial charge on any atom is 0.416 e. The molecule has 18 heavy (non-hydrogen) atoms. The first-order valence-electron chi connectivity index (χ1n) is 4.33. The van der Waals surface area contributed by atoms with Crippen LogP contribution in [0.15, 0.2) is 12.1 Å². The Morgan fingerprint density at radius 2 is 1.94 bits per heavy atom. The molecular weight excluding hydrogens is 257 g/mol. The summed E-state index contributed by atoms with van der Waals surface area (Å²) in [6.45, 7) is 0. The maximum absolute atomic E-state index is 12.4. The monoisotopic (exact) mass is 262 g/mol. The standard InChI is InChI=1S/C9H5F3N2O4/c10-9(11,12)5-1-4(3-15)7(8(13)16)6(2-5)14(17)18/h1-3H,(H2,13,16). The van der Waals surface area contributed by atoms with Crippen LogP contribution in [0.3, 0.4) is 0 Å². The van der Waals surface area contributed by atoms with Crippen LogP contribution in [0.2, 0.25) is 0 Å². The summed E-state index contributed by atoms with van der Waals surface area (Å²) in [7, 11) is 0. The number of hydrogen-bond donors (Lipinski definition) is 1. The van der Waals surface area contributed by atoms with Crippen LogP contribution in [-0.4, -0.2) is 17.1 Å². The van der Waals surface area contributed by atoms with E-state index in [0.29, 0.717) is 6.07 Å². The second-order valence-corrected chi connectivity index (χ2v) is 3.20. The minimum Gasteiger partial charge on any atom is -0.365 e. The third-order valence-corrected chi connectivity index (χ3v) is 2.05. The smallest absolute Gasteiger partial charge is 0.365 e. The number of nitrogens with zero attached hydrogens (tertiary/aromatic N) is 1. The number of benzene rings is 1. The fourth-order valence-electron chi connectivity index (χ4n) is 1.32. The van der Waals surface area contributed by atoms with E-state index in [-0.39, 0.29) is 12.4 Å². The number of rotatable bonds is 3. The fraction of sp³-hybridized carbons (Fsp3) is 0.111. The molecule has 1 aromatic rings. The summed E-state index contributed by atoms with van der Waals surface area (Å²) in [5.74, 6) is -1.35. The van der Waals surface area contributed by atoms with E-state index in [1.54, 1.807) is 0 Å². The molecule has 96 valence electrons. The van der Waals surface area contributed by atoms with Crippen LogP contribution < -0.4 is 5.73 Å². The van der Waals surface area contributed by atoms with Crippen LogP contribution >= 0.6 is 0 Å². The highest BCUT2D eigenvalue weighted by Gasteiger charge is 2.35. The van der Waals surface area contributed by atoms with Crippen LogP contribution in [-0.2, 0) is 6.18 Å². The van der Waals surface area contributed by atoms with E-state index in [2.05, 4.69) is 0 Å². The number of aldehydes is 1. The molecule has 1 amide bonds.